The summed E-state index contributed by atoms with van der Waals surface area (Å²) >= 11 is 0. The van der Waals surface area contributed by atoms with E-state index in [0.29, 0.717) is 6.61 Å². The molecule has 0 radical (unpaired) electrons. The van der Waals surface area contributed by atoms with Gasteiger partial charge in [-0.1, -0.05) is 25.1 Å². The number of carboxylic acid groups (broad SMARTS) is 1. The lowest BCUT2D eigenvalue weighted by Gasteiger charge is -2.30. The molecule has 24 heavy (non-hydrogen) atoms. The van der Waals surface area contributed by atoms with Crippen LogP contribution in [0.2, 0.25) is 0 Å². The first-order valence-electron chi connectivity index (χ1n) is 8.70. The van der Waals surface area contributed by atoms with Gasteiger partial charge in [0, 0.05) is 23.4 Å². The van der Waals surface area contributed by atoms with E-state index in [1.54, 1.807) is 0 Å². The van der Waals surface area contributed by atoms with Gasteiger partial charge in [-0.15, -0.1) is 6.58 Å². The molecule has 1 N–H and O–H groups in total. The molecule has 0 saturated carbocycles. The van der Waals surface area contributed by atoms with Crippen LogP contribution in [-0.4, -0.2) is 22.2 Å². The number of carboxylic acids is 1. The number of aliphatic carboxylic acids is 1. The van der Waals surface area contributed by atoms with Crippen molar-refractivity contribution in [2.45, 2.75) is 51.7 Å². The van der Waals surface area contributed by atoms with E-state index in [1.165, 1.54) is 22.0 Å². The molecule has 2 heterocycles. The summed E-state index contributed by atoms with van der Waals surface area (Å²) in [5.41, 5.74) is 4.84. The largest absolute Gasteiger partial charge is 0.481 e. The van der Waals surface area contributed by atoms with Gasteiger partial charge in [-0.25, -0.2) is 0 Å². The van der Waals surface area contributed by atoms with Crippen LogP contribution in [-0.2, 0) is 22.5 Å². The van der Waals surface area contributed by atoms with E-state index in [-0.39, 0.29) is 18.4 Å². The SMILES string of the molecule is C=CCC1COC(CC(=O)O)c2c1c1c(CC)cccc1n2CC. The Morgan fingerprint density at radius 2 is 2.25 bits per heavy atom. The second kappa shape index (κ2) is 6.81. The van der Waals surface area contributed by atoms with E-state index in [4.69, 9.17) is 4.74 Å². The first kappa shape index (κ1) is 16.8. The maximum absolute atomic E-state index is 11.3. The van der Waals surface area contributed by atoms with E-state index in [2.05, 4.69) is 43.2 Å². The van der Waals surface area contributed by atoms with Gasteiger partial charge in [0.1, 0.15) is 6.10 Å². The fourth-order valence-corrected chi connectivity index (χ4v) is 4.02. The van der Waals surface area contributed by atoms with Crippen LogP contribution in [0.3, 0.4) is 0 Å². The number of benzene rings is 1. The smallest absolute Gasteiger partial charge is 0.306 e. The molecular formula is C20H25NO3. The maximum atomic E-state index is 11.3. The van der Waals surface area contributed by atoms with E-state index >= 15 is 0 Å². The topological polar surface area (TPSA) is 51.5 Å². The molecule has 0 fully saturated rings. The zero-order valence-electron chi connectivity index (χ0n) is 14.4. The molecule has 4 nitrogen and oxygen atoms in total. The number of nitrogens with zero attached hydrogens (tertiary/aromatic N) is 1. The lowest BCUT2D eigenvalue weighted by Crippen LogP contribution is -2.24. The van der Waals surface area contributed by atoms with Gasteiger partial charge >= 0.3 is 5.97 Å². The number of carbonyl (C=O) groups is 1. The van der Waals surface area contributed by atoms with Crippen LogP contribution in [0.15, 0.2) is 30.9 Å². The van der Waals surface area contributed by atoms with Crippen molar-refractivity contribution in [1.29, 1.82) is 0 Å². The van der Waals surface area contributed by atoms with E-state index in [9.17, 15) is 9.90 Å². The van der Waals surface area contributed by atoms with Crippen molar-refractivity contribution in [3.05, 3.63) is 47.7 Å². The molecule has 3 rings (SSSR count). The highest BCUT2D eigenvalue weighted by molar-refractivity contribution is 5.90. The van der Waals surface area contributed by atoms with Crippen molar-refractivity contribution in [1.82, 2.24) is 4.57 Å². The Labute approximate surface area is 142 Å². The van der Waals surface area contributed by atoms with Gasteiger partial charge in [-0.05, 0) is 37.0 Å². The minimum Gasteiger partial charge on any atom is -0.481 e. The molecule has 1 aromatic carbocycles. The van der Waals surface area contributed by atoms with Crippen LogP contribution in [0.5, 0.6) is 0 Å². The molecule has 0 amide bonds. The van der Waals surface area contributed by atoms with Gasteiger partial charge < -0.3 is 14.4 Å². The van der Waals surface area contributed by atoms with Crippen LogP contribution in [0, 0.1) is 0 Å². The van der Waals surface area contributed by atoms with E-state index in [1.807, 2.05) is 6.08 Å². The van der Waals surface area contributed by atoms with Gasteiger partial charge in [0.15, 0.2) is 0 Å². The van der Waals surface area contributed by atoms with Gasteiger partial charge in [-0.3, -0.25) is 4.79 Å². The predicted octanol–water partition coefficient (Wildman–Crippen LogP) is 4.43. The monoisotopic (exact) mass is 327 g/mol. The number of fused-ring (bicyclic) bond motifs is 3. The molecular weight excluding hydrogens is 302 g/mol. The molecule has 0 bridgehead atoms. The fourth-order valence-electron chi connectivity index (χ4n) is 4.02. The number of aryl methyl sites for hydroxylation is 2. The summed E-state index contributed by atoms with van der Waals surface area (Å²) in [5, 5.41) is 10.6. The van der Waals surface area contributed by atoms with Crippen LogP contribution >= 0.6 is 0 Å². The Morgan fingerprint density at radius 1 is 1.46 bits per heavy atom. The Kier molecular flexibility index (Phi) is 4.76. The minimum absolute atomic E-state index is 0.00555. The van der Waals surface area contributed by atoms with Crippen LogP contribution in [0.1, 0.15) is 55.5 Å². The average Bonchev–Trinajstić information content (AvgIpc) is 2.91. The van der Waals surface area contributed by atoms with Crippen molar-refractivity contribution in [3.8, 4) is 0 Å². The number of ether oxygens (including phenoxy) is 1. The summed E-state index contributed by atoms with van der Waals surface area (Å²) in [7, 11) is 0. The third-order valence-corrected chi connectivity index (χ3v) is 4.98. The minimum atomic E-state index is -0.822. The van der Waals surface area contributed by atoms with E-state index < -0.39 is 5.97 Å². The van der Waals surface area contributed by atoms with Crippen LogP contribution in [0.25, 0.3) is 10.9 Å². The normalized spacial score (nSPS) is 20.1. The van der Waals surface area contributed by atoms with Crippen molar-refractivity contribution in [2.24, 2.45) is 0 Å². The highest BCUT2D eigenvalue weighted by Gasteiger charge is 2.35. The Hall–Kier alpha value is -2.07. The molecule has 0 spiro atoms. The zero-order valence-corrected chi connectivity index (χ0v) is 14.4. The van der Waals surface area contributed by atoms with Gasteiger partial charge in [0.25, 0.3) is 0 Å². The second-order valence-electron chi connectivity index (χ2n) is 6.35. The lowest BCUT2D eigenvalue weighted by atomic mass is 9.87. The maximum Gasteiger partial charge on any atom is 0.306 e. The molecule has 1 aromatic heterocycles. The molecule has 4 heteroatoms. The molecule has 1 aliphatic heterocycles. The third kappa shape index (κ3) is 2.65. The van der Waals surface area contributed by atoms with Crippen LogP contribution in [0.4, 0.5) is 0 Å². The molecule has 1 aliphatic rings. The van der Waals surface area contributed by atoms with Crippen LogP contribution < -0.4 is 0 Å². The summed E-state index contributed by atoms with van der Waals surface area (Å²) in [5.74, 6) is -0.581. The number of hydrogen-bond donors (Lipinski definition) is 1. The Bertz CT molecular complexity index is 775. The van der Waals surface area contributed by atoms with Crippen molar-refractivity contribution >= 4 is 16.9 Å². The number of hydrogen-bond acceptors (Lipinski definition) is 2. The highest BCUT2D eigenvalue weighted by Crippen LogP contribution is 2.44. The molecule has 128 valence electrons. The Balaban J connectivity index is 2.32. The average molecular weight is 327 g/mol. The lowest BCUT2D eigenvalue weighted by molar-refractivity contribution is -0.141. The first-order valence-corrected chi connectivity index (χ1v) is 8.70. The predicted molar refractivity (Wildman–Crippen MR) is 95.5 cm³/mol. The summed E-state index contributed by atoms with van der Waals surface area (Å²) in [6, 6.07) is 6.41. The standard InChI is InChI=1S/C20H25NO3/c1-4-8-14-12-24-16(11-17(22)23)20-19(14)18-13(5-2)9-7-10-15(18)21(20)6-3/h4,7,9-10,14,16H,1,5-6,8,11-12H2,2-3H3,(H,22,23). The van der Waals surface area contributed by atoms with Gasteiger partial charge in [0.05, 0.1) is 18.7 Å². The second-order valence-corrected chi connectivity index (χ2v) is 6.35. The first-order chi connectivity index (χ1) is 11.6. The third-order valence-electron chi connectivity index (χ3n) is 4.98. The quantitative estimate of drug-likeness (QED) is 0.799. The number of allylic oxidation sites excluding steroid dienone is 1. The van der Waals surface area contributed by atoms with Crippen molar-refractivity contribution < 1.29 is 14.6 Å². The zero-order chi connectivity index (χ0) is 17.3. The highest BCUT2D eigenvalue weighted by atomic mass is 16.5. The molecule has 2 atom stereocenters. The molecule has 0 aliphatic carbocycles. The number of aromatic nitrogens is 1. The van der Waals surface area contributed by atoms with Crippen molar-refractivity contribution in [2.75, 3.05) is 6.61 Å². The molecule has 2 aromatic rings. The molecule has 2 unspecified atom stereocenters. The summed E-state index contributed by atoms with van der Waals surface area (Å²) in [6.07, 6.45) is 3.36. The summed E-state index contributed by atoms with van der Waals surface area (Å²) in [4.78, 5) is 11.3. The van der Waals surface area contributed by atoms with Gasteiger partial charge in [0.2, 0.25) is 0 Å². The number of rotatable bonds is 6. The summed E-state index contributed by atoms with van der Waals surface area (Å²) in [6.45, 7) is 9.52. The Morgan fingerprint density at radius 3 is 2.88 bits per heavy atom. The van der Waals surface area contributed by atoms with Crippen molar-refractivity contribution in [3.63, 3.8) is 0 Å². The summed E-state index contributed by atoms with van der Waals surface area (Å²) < 4.78 is 8.22. The molecule has 0 saturated heterocycles. The van der Waals surface area contributed by atoms with Gasteiger partial charge in [-0.2, -0.15) is 0 Å². The van der Waals surface area contributed by atoms with E-state index in [0.717, 1.165) is 25.1 Å². The fraction of sp³-hybridized carbons (Fsp3) is 0.450.